The molecule has 0 saturated carbocycles. The van der Waals surface area contributed by atoms with Gasteiger partial charge in [-0.1, -0.05) is 51.9 Å². The number of hydrogen-bond donors (Lipinski definition) is 0. The van der Waals surface area contributed by atoms with Crippen molar-refractivity contribution in [1.82, 2.24) is 54.9 Å². The van der Waals surface area contributed by atoms with Gasteiger partial charge in [-0.15, -0.1) is 20.4 Å². The van der Waals surface area contributed by atoms with E-state index in [1.54, 1.807) is 42.7 Å². The molecular weight excluding hydrogens is 898 g/mol. The predicted octanol–water partition coefficient (Wildman–Crippen LogP) is 7.70. The SMILES string of the molecule is Cc1nc(-c2cccc(Cl)c2)oc1-c1ccc(=O)n(Cc2nnc(N3CCCC(Cc4nc(-c5cncc(Cl)c5)oc4-c4ccc(=O)n(Cc5nnc(N6CCCCC6)s5)n4)C3)s2)n1. The minimum Gasteiger partial charge on any atom is -0.434 e. The topological polar surface area (TPSA) is 193 Å². The van der Waals surface area contributed by atoms with Crippen LogP contribution in [0.25, 0.3) is 45.8 Å². The number of nitrogens with zero attached hydrogens (tertiary/aromatic N) is 13. The van der Waals surface area contributed by atoms with Gasteiger partial charge in [-0.2, -0.15) is 10.2 Å². The van der Waals surface area contributed by atoms with Crippen molar-refractivity contribution < 1.29 is 8.83 Å². The molecule has 10 rings (SSSR count). The zero-order valence-electron chi connectivity index (χ0n) is 34.4. The van der Waals surface area contributed by atoms with E-state index in [1.807, 2.05) is 19.1 Å². The molecular formula is C43H39Cl2N13O4S2. The second kappa shape index (κ2) is 18.1. The van der Waals surface area contributed by atoms with Crippen LogP contribution in [-0.4, -0.2) is 81.1 Å². The van der Waals surface area contributed by atoms with E-state index < -0.39 is 0 Å². The molecule has 0 spiro atoms. The highest BCUT2D eigenvalue weighted by Gasteiger charge is 2.28. The largest absolute Gasteiger partial charge is 0.434 e. The van der Waals surface area contributed by atoms with Gasteiger partial charge in [0.25, 0.3) is 11.1 Å². The van der Waals surface area contributed by atoms with Crippen molar-refractivity contribution in [2.45, 2.75) is 58.5 Å². The lowest BCUT2D eigenvalue weighted by molar-refractivity contribution is 0.409. The third kappa shape index (κ3) is 9.10. The lowest BCUT2D eigenvalue weighted by Crippen LogP contribution is -2.36. The molecule has 0 bridgehead atoms. The minimum atomic E-state index is -0.283. The van der Waals surface area contributed by atoms with Crippen LogP contribution in [0.4, 0.5) is 10.3 Å². The van der Waals surface area contributed by atoms with E-state index in [0.29, 0.717) is 84.7 Å². The third-order valence-corrected chi connectivity index (χ3v) is 13.5. The summed E-state index contributed by atoms with van der Waals surface area (Å²) in [6, 6.07) is 15.2. The number of pyridine rings is 1. The van der Waals surface area contributed by atoms with Crippen LogP contribution >= 0.6 is 45.9 Å². The summed E-state index contributed by atoms with van der Waals surface area (Å²) in [6.45, 7) is 5.53. The van der Waals surface area contributed by atoms with Crippen LogP contribution in [0.3, 0.4) is 0 Å². The van der Waals surface area contributed by atoms with Gasteiger partial charge in [0.2, 0.25) is 22.0 Å². The van der Waals surface area contributed by atoms with Crippen LogP contribution < -0.4 is 20.9 Å². The van der Waals surface area contributed by atoms with E-state index in [1.165, 1.54) is 50.6 Å². The molecule has 1 aromatic carbocycles. The lowest BCUT2D eigenvalue weighted by atomic mass is 9.93. The van der Waals surface area contributed by atoms with Gasteiger partial charge >= 0.3 is 0 Å². The molecule has 64 heavy (non-hydrogen) atoms. The summed E-state index contributed by atoms with van der Waals surface area (Å²) in [5, 5.41) is 31.2. The molecule has 17 nitrogen and oxygen atoms in total. The highest BCUT2D eigenvalue weighted by atomic mass is 35.5. The van der Waals surface area contributed by atoms with Crippen LogP contribution in [0.5, 0.6) is 0 Å². The molecule has 9 heterocycles. The van der Waals surface area contributed by atoms with E-state index in [2.05, 4.69) is 45.3 Å². The average molecular weight is 937 g/mol. The van der Waals surface area contributed by atoms with Gasteiger partial charge in [-0.25, -0.2) is 19.3 Å². The van der Waals surface area contributed by atoms with Gasteiger partial charge in [-0.3, -0.25) is 14.6 Å². The highest BCUT2D eigenvalue weighted by molar-refractivity contribution is 7.15. The average Bonchev–Trinajstić information content (AvgIpc) is 4.14. The molecule has 1 unspecified atom stereocenters. The molecule has 2 aliphatic heterocycles. The van der Waals surface area contributed by atoms with E-state index in [-0.39, 0.29) is 30.1 Å². The Hall–Kier alpha value is -6.15. The molecule has 0 aliphatic carbocycles. The van der Waals surface area contributed by atoms with Gasteiger partial charge in [0, 0.05) is 61.3 Å². The zero-order valence-corrected chi connectivity index (χ0v) is 37.6. The van der Waals surface area contributed by atoms with Gasteiger partial charge < -0.3 is 18.6 Å². The van der Waals surface area contributed by atoms with Crippen LogP contribution in [0, 0.1) is 12.8 Å². The summed E-state index contributed by atoms with van der Waals surface area (Å²) in [5.41, 5.74) is 3.08. The number of benzene rings is 1. The molecule has 1 atom stereocenters. The number of hydrogen-bond acceptors (Lipinski definition) is 17. The maximum Gasteiger partial charge on any atom is 0.267 e. The smallest absolute Gasteiger partial charge is 0.267 e. The maximum absolute atomic E-state index is 13.1. The van der Waals surface area contributed by atoms with Crippen LogP contribution in [0.15, 0.2) is 85.4 Å². The second-order valence-corrected chi connectivity index (χ2v) is 18.7. The zero-order chi connectivity index (χ0) is 43.7. The van der Waals surface area contributed by atoms with Crippen molar-refractivity contribution in [3.8, 4) is 45.8 Å². The normalized spacial score (nSPS) is 15.6. The molecule has 7 aromatic heterocycles. The summed E-state index contributed by atoms with van der Waals surface area (Å²) in [4.78, 5) is 44.4. The van der Waals surface area contributed by atoms with Crippen molar-refractivity contribution in [2.75, 3.05) is 36.0 Å². The first kappa shape index (κ1) is 41.8. The Morgan fingerprint density at radius 1 is 0.688 bits per heavy atom. The first-order chi connectivity index (χ1) is 31.2. The fourth-order valence-electron chi connectivity index (χ4n) is 7.98. The fraction of sp³-hybridized carbons (Fsp3) is 0.326. The third-order valence-electron chi connectivity index (χ3n) is 11.1. The Morgan fingerprint density at radius 3 is 2.03 bits per heavy atom. The lowest BCUT2D eigenvalue weighted by Gasteiger charge is -2.32. The monoisotopic (exact) mass is 935 g/mol. The van der Waals surface area contributed by atoms with Crippen molar-refractivity contribution in [3.63, 3.8) is 0 Å². The minimum absolute atomic E-state index is 0.132. The number of halogens is 2. The second-order valence-electron chi connectivity index (χ2n) is 15.7. The maximum atomic E-state index is 13.1. The standard InChI is InChI=1S/C43H39Cl2N13O4S2/c1-25-38(61-40(47-25)27-8-5-9-29(44)18-27)31-10-12-36(59)57(53-31)24-35-50-52-43(64-35)56-16-6-7-26(22-56)17-33-39(62-41(48-33)28-19-30(45)21-46-20-28)32-11-13-37(60)58(54-32)23-34-49-51-42(63-34)55-14-3-2-4-15-55/h5,8-13,18-21,26H,2-4,6-7,14-17,22-24H2,1H3. The highest BCUT2D eigenvalue weighted by Crippen LogP contribution is 2.35. The van der Waals surface area contributed by atoms with Crippen molar-refractivity contribution >= 4 is 56.1 Å². The number of anilines is 2. The van der Waals surface area contributed by atoms with E-state index in [9.17, 15) is 9.59 Å². The summed E-state index contributed by atoms with van der Waals surface area (Å²) < 4.78 is 15.3. The first-order valence-corrected chi connectivity index (χ1v) is 23.2. The molecule has 0 radical (unpaired) electrons. The number of rotatable bonds is 12. The van der Waals surface area contributed by atoms with E-state index in [4.69, 9.17) is 42.1 Å². The van der Waals surface area contributed by atoms with Crippen molar-refractivity contribution in [1.29, 1.82) is 0 Å². The molecule has 2 aliphatic rings. The number of aryl methyl sites for hydroxylation is 1. The fourth-order valence-corrected chi connectivity index (χ4v) is 10.1. The predicted molar refractivity (Wildman–Crippen MR) is 244 cm³/mol. The first-order valence-electron chi connectivity index (χ1n) is 20.8. The van der Waals surface area contributed by atoms with Crippen molar-refractivity contribution in [2.24, 2.45) is 5.92 Å². The van der Waals surface area contributed by atoms with Crippen LogP contribution in [-0.2, 0) is 19.5 Å². The Bertz CT molecular complexity index is 3080. The van der Waals surface area contributed by atoms with Gasteiger partial charge in [0.1, 0.15) is 21.4 Å². The summed E-state index contributed by atoms with van der Waals surface area (Å²) in [6.07, 6.45) is 9.11. The molecule has 326 valence electrons. The van der Waals surface area contributed by atoms with Crippen LogP contribution in [0.1, 0.15) is 53.5 Å². The molecule has 21 heteroatoms. The van der Waals surface area contributed by atoms with Gasteiger partial charge in [-0.05, 0) is 87.8 Å². The molecule has 2 saturated heterocycles. The molecule has 2 fully saturated rings. The summed E-state index contributed by atoms with van der Waals surface area (Å²) in [7, 11) is 0. The number of piperidine rings is 2. The number of aromatic nitrogens is 11. The Labute approximate surface area is 383 Å². The molecule has 0 N–H and O–H groups in total. The quantitative estimate of drug-likeness (QED) is 0.116. The van der Waals surface area contributed by atoms with Gasteiger partial charge in [0.15, 0.2) is 11.5 Å². The molecule has 0 amide bonds. The molecule has 8 aromatic rings. The summed E-state index contributed by atoms with van der Waals surface area (Å²) >= 11 is 15.4. The summed E-state index contributed by atoms with van der Waals surface area (Å²) in [5.74, 6) is 1.85. The van der Waals surface area contributed by atoms with Gasteiger partial charge in [0.05, 0.1) is 35.1 Å². The Kier molecular flexibility index (Phi) is 11.9. The van der Waals surface area contributed by atoms with Crippen molar-refractivity contribution in [3.05, 3.63) is 119 Å². The van der Waals surface area contributed by atoms with Crippen LogP contribution in [0.2, 0.25) is 10.0 Å². The van der Waals surface area contributed by atoms with E-state index >= 15 is 0 Å². The Balaban J connectivity index is 0.867. The van der Waals surface area contributed by atoms with E-state index in [0.717, 1.165) is 61.1 Å². The Morgan fingerprint density at radius 2 is 1.33 bits per heavy atom. The number of oxazole rings is 2.